The van der Waals surface area contributed by atoms with Crippen LogP contribution in [0.5, 0.6) is 5.75 Å². The minimum Gasteiger partial charge on any atom is -0.479 e. The van der Waals surface area contributed by atoms with Crippen molar-refractivity contribution in [3.8, 4) is 5.75 Å². The molecule has 2 N–H and O–H groups in total. The van der Waals surface area contributed by atoms with Crippen LogP contribution in [0.25, 0.3) is 0 Å². The number of carbonyl (C=O) groups is 2. The van der Waals surface area contributed by atoms with Gasteiger partial charge in [-0.05, 0) is 49.2 Å². The molecule has 0 spiro atoms. The number of halogens is 1. The van der Waals surface area contributed by atoms with Crippen LogP contribution in [0, 0.1) is 5.82 Å². The molecule has 2 aromatic carbocycles. The maximum Gasteiger partial charge on any atom is 0.265 e. The van der Waals surface area contributed by atoms with E-state index in [1.807, 2.05) is 0 Å². The first kappa shape index (κ1) is 16.0. The molecule has 0 saturated heterocycles. The molecule has 5 nitrogen and oxygen atoms in total. The lowest BCUT2D eigenvalue weighted by molar-refractivity contribution is -0.122. The molecule has 24 heavy (non-hydrogen) atoms. The van der Waals surface area contributed by atoms with Crippen molar-refractivity contribution in [2.45, 2.75) is 25.9 Å². The van der Waals surface area contributed by atoms with Gasteiger partial charge in [0.05, 0.1) is 5.69 Å². The van der Waals surface area contributed by atoms with Crippen LogP contribution in [0.1, 0.15) is 18.9 Å². The zero-order valence-corrected chi connectivity index (χ0v) is 13.1. The van der Waals surface area contributed by atoms with Gasteiger partial charge >= 0.3 is 0 Å². The van der Waals surface area contributed by atoms with E-state index in [2.05, 4.69) is 10.6 Å². The average molecular weight is 328 g/mol. The summed E-state index contributed by atoms with van der Waals surface area (Å²) < 4.78 is 18.6. The van der Waals surface area contributed by atoms with Crippen LogP contribution in [0.2, 0.25) is 0 Å². The number of hydrogen-bond donors (Lipinski definition) is 2. The molecule has 6 heteroatoms. The Bertz CT molecular complexity index is 792. The number of rotatable bonds is 4. The van der Waals surface area contributed by atoms with Gasteiger partial charge in [0.15, 0.2) is 6.10 Å². The van der Waals surface area contributed by atoms with Crippen molar-refractivity contribution in [3.63, 3.8) is 0 Å². The van der Waals surface area contributed by atoms with Crippen molar-refractivity contribution >= 4 is 23.2 Å². The number of aryl methyl sites for hydroxylation is 1. The van der Waals surface area contributed by atoms with Gasteiger partial charge in [0.1, 0.15) is 11.6 Å². The highest BCUT2D eigenvalue weighted by Gasteiger charge is 2.23. The highest BCUT2D eigenvalue weighted by Crippen LogP contribution is 2.32. The molecular formula is C18H17FN2O3. The predicted octanol–water partition coefficient (Wildman–Crippen LogP) is 3.12. The van der Waals surface area contributed by atoms with Gasteiger partial charge in [0.2, 0.25) is 5.91 Å². The van der Waals surface area contributed by atoms with Gasteiger partial charge in [-0.1, -0.05) is 12.1 Å². The topological polar surface area (TPSA) is 67.4 Å². The largest absolute Gasteiger partial charge is 0.479 e. The van der Waals surface area contributed by atoms with E-state index in [1.54, 1.807) is 37.3 Å². The Balaban J connectivity index is 1.61. The molecule has 1 aliphatic heterocycles. The van der Waals surface area contributed by atoms with E-state index in [1.165, 1.54) is 12.1 Å². The maximum atomic E-state index is 13.1. The van der Waals surface area contributed by atoms with Gasteiger partial charge in [0, 0.05) is 12.1 Å². The van der Waals surface area contributed by atoms with Gasteiger partial charge < -0.3 is 15.4 Å². The average Bonchev–Trinajstić information content (AvgIpc) is 2.54. The first-order valence-corrected chi connectivity index (χ1v) is 7.67. The van der Waals surface area contributed by atoms with E-state index in [9.17, 15) is 14.0 Å². The first-order valence-electron chi connectivity index (χ1n) is 7.67. The lowest BCUT2D eigenvalue weighted by Gasteiger charge is -2.23. The number of amides is 2. The van der Waals surface area contributed by atoms with Gasteiger partial charge in [-0.2, -0.15) is 0 Å². The SMILES string of the molecule is CC1Oc2ccc(NC(=O)CCc3cccc(F)c3)cc2NC1=O. The number of fused-ring (bicyclic) bond motifs is 1. The van der Waals surface area contributed by atoms with Crippen molar-refractivity contribution in [2.24, 2.45) is 0 Å². The molecule has 0 bridgehead atoms. The lowest BCUT2D eigenvalue weighted by atomic mass is 10.1. The molecule has 3 rings (SSSR count). The first-order chi connectivity index (χ1) is 11.5. The zero-order valence-electron chi connectivity index (χ0n) is 13.1. The fraction of sp³-hybridized carbons (Fsp3) is 0.222. The van der Waals surface area contributed by atoms with Gasteiger partial charge in [0.25, 0.3) is 5.91 Å². The molecular weight excluding hydrogens is 311 g/mol. The highest BCUT2D eigenvalue weighted by atomic mass is 19.1. The maximum absolute atomic E-state index is 13.1. The third kappa shape index (κ3) is 3.71. The minimum absolute atomic E-state index is 0.185. The summed E-state index contributed by atoms with van der Waals surface area (Å²) in [6, 6.07) is 11.3. The van der Waals surface area contributed by atoms with Crippen molar-refractivity contribution in [2.75, 3.05) is 10.6 Å². The molecule has 0 aliphatic carbocycles. The molecule has 0 saturated carbocycles. The lowest BCUT2D eigenvalue weighted by Crippen LogP contribution is -2.34. The van der Waals surface area contributed by atoms with E-state index in [0.29, 0.717) is 23.5 Å². The highest BCUT2D eigenvalue weighted by molar-refractivity contribution is 5.99. The van der Waals surface area contributed by atoms with E-state index in [-0.39, 0.29) is 24.1 Å². The van der Waals surface area contributed by atoms with Gasteiger partial charge in [-0.3, -0.25) is 9.59 Å². The smallest absolute Gasteiger partial charge is 0.265 e. The summed E-state index contributed by atoms with van der Waals surface area (Å²) >= 11 is 0. The number of carbonyl (C=O) groups excluding carboxylic acids is 2. The zero-order chi connectivity index (χ0) is 17.1. The number of anilines is 2. The quantitative estimate of drug-likeness (QED) is 0.906. The Hall–Kier alpha value is -2.89. The molecule has 1 unspecified atom stereocenters. The van der Waals surface area contributed by atoms with E-state index < -0.39 is 6.10 Å². The summed E-state index contributed by atoms with van der Waals surface area (Å²) in [5.74, 6) is -0.153. The molecule has 2 amide bonds. The third-order valence-electron chi connectivity index (χ3n) is 3.72. The fourth-order valence-electron chi connectivity index (χ4n) is 2.46. The molecule has 1 aliphatic rings. The predicted molar refractivity (Wildman–Crippen MR) is 88.5 cm³/mol. The number of ether oxygens (including phenoxy) is 1. The molecule has 0 fully saturated rings. The standard InChI is InChI=1S/C18H17FN2O3/c1-11-18(23)21-15-10-14(6-7-16(15)24-11)20-17(22)8-5-12-3-2-4-13(19)9-12/h2-4,6-7,9-11H,5,8H2,1H3,(H,20,22)(H,21,23). The Morgan fingerprint density at radius 2 is 2.12 bits per heavy atom. The van der Waals surface area contributed by atoms with Gasteiger partial charge in [-0.15, -0.1) is 0 Å². The second kappa shape index (κ2) is 6.70. The number of hydrogen-bond acceptors (Lipinski definition) is 3. The second-order valence-corrected chi connectivity index (χ2v) is 5.64. The summed E-state index contributed by atoms with van der Waals surface area (Å²) in [5, 5.41) is 5.49. The minimum atomic E-state index is -0.538. The Morgan fingerprint density at radius 3 is 2.92 bits per heavy atom. The fourth-order valence-corrected chi connectivity index (χ4v) is 2.46. The Morgan fingerprint density at radius 1 is 1.29 bits per heavy atom. The Labute approximate surface area is 138 Å². The monoisotopic (exact) mass is 328 g/mol. The van der Waals surface area contributed by atoms with E-state index >= 15 is 0 Å². The normalized spacial score (nSPS) is 15.9. The van der Waals surface area contributed by atoms with Crippen LogP contribution in [-0.2, 0) is 16.0 Å². The molecule has 0 radical (unpaired) electrons. The van der Waals surface area contributed by atoms with Crippen molar-refractivity contribution in [3.05, 3.63) is 53.8 Å². The summed E-state index contributed by atoms with van der Waals surface area (Å²) in [4.78, 5) is 23.7. The van der Waals surface area contributed by atoms with E-state index in [0.717, 1.165) is 5.56 Å². The van der Waals surface area contributed by atoms with Crippen molar-refractivity contribution < 1.29 is 18.7 Å². The molecule has 1 heterocycles. The number of nitrogens with one attached hydrogen (secondary N) is 2. The van der Waals surface area contributed by atoms with Crippen LogP contribution >= 0.6 is 0 Å². The van der Waals surface area contributed by atoms with E-state index in [4.69, 9.17) is 4.74 Å². The van der Waals surface area contributed by atoms with Crippen molar-refractivity contribution in [1.82, 2.24) is 0 Å². The Kier molecular flexibility index (Phi) is 4.46. The molecule has 1 atom stereocenters. The van der Waals surface area contributed by atoms with Gasteiger partial charge in [-0.25, -0.2) is 4.39 Å². The van der Waals surface area contributed by atoms with Crippen LogP contribution in [0.15, 0.2) is 42.5 Å². The van der Waals surface area contributed by atoms with Crippen LogP contribution < -0.4 is 15.4 Å². The van der Waals surface area contributed by atoms with Crippen LogP contribution in [0.3, 0.4) is 0 Å². The van der Waals surface area contributed by atoms with Crippen molar-refractivity contribution in [1.29, 1.82) is 0 Å². The second-order valence-electron chi connectivity index (χ2n) is 5.64. The summed E-state index contributed by atoms with van der Waals surface area (Å²) in [6.07, 6.45) is 0.149. The molecule has 2 aromatic rings. The molecule has 0 aromatic heterocycles. The van der Waals surface area contributed by atoms with Crippen LogP contribution in [0.4, 0.5) is 15.8 Å². The third-order valence-corrected chi connectivity index (χ3v) is 3.72. The number of benzene rings is 2. The van der Waals surface area contributed by atoms with Crippen LogP contribution in [-0.4, -0.2) is 17.9 Å². The summed E-state index contributed by atoms with van der Waals surface area (Å²) in [7, 11) is 0. The summed E-state index contributed by atoms with van der Waals surface area (Å²) in [6.45, 7) is 1.67. The summed E-state index contributed by atoms with van der Waals surface area (Å²) in [5.41, 5.74) is 1.86. The molecule has 124 valence electrons.